The van der Waals surface area contributed by atoms with E-state index in [-0.39, 0.29) is 6.03 Å². The first-order valence-electron chi connectivity index (χ1n) is 8.45. The van der Waals surface area contributed by atoms with Crippen LogP contribution in [-0.2, 0) is 6.54 Å². The van der Waals surface area contributed by atoms with Gasteiger partial charge in [0.25, 0.3) is 0 Å². The first-order chi connectivity index (χ1) is 10.9. The Bertz CT molecular complexity index is 531. The van der Waals surface area contributed by atoms with E-state index in [1.807, 2.05) is 35.3 Å². The molecule has 0 radical (unpaired) electrons. The number of carbonyl (C=O) groups is 1. The van der Waals surface area contributed by atoms with Gasteiger partial charge in [0.05, 0.1) is 5.69 Å². The van der Waals surface area contributed by atoms with Crippen LogP contribution in [0.4, 0.5) is 4.79 Å². The third kappa shape index (κ3) is 4.90. The quantitative estimate of drug-likeness (QED) is 0.867. The van der Waals surface area contributed by atoms with Crippen LogP contribution in [-0.4, -0.2) is 51.9 Å². The first-order valence-corrected chi connectivity index (χ1v) is 9.74. The summed E-state index contributed by atoms with van der Waals surface area (Å²) in [5, 5.41) is 8.27. The molecule has 1 saturated carbocycles. The van der Waals surface area contributed by atoms with Crippen LogP contribution in [0, 0.1) is 19.8 Å². The second-order valence-electron chi connectivity index (χ2n) is 6.84. The number of rotatable bonds is 6. The van der Waals surface area contributed by atoms with Crippen molar-refractivity contribution in [1.82, 2.24) is 20.0 Å². The number of aryl methyl sites for hydroxylation is 2. The maximum atomic E-state index is 12.3. The number of amides is 2. The van der Waals surface area contributed by atoms with Crippen LogP contribution < -0.4 is 5.32 Å². The van der Waals surface area contributed by atoms with Crippen molar-refractivity contribution in [3.63, 3.8) is 0 Å². The summed E-state index contributed by atoms with van der Waals surface area (Å²) in [6.07, 6.45) is 5.62. The lowest BCUT2D eigenvalue weighted by molar-refractivity contribution is 0.189. The number of urea groups is 1. The minimum Gasteiger partial charge on any atom is -0.338 e. The molecule has 0 aromatic carbocycles. The highest BCUT2D eigenvalue weighted by molar-refractivity contribution is 7.99. The van der Waals surface area contributed by atoms with Gasteiger partial charge in [0.1, 0.15) is 0 Å². The summed E-state index contributed by atoms with van der Waals surface area (Å²) in [5.74, 6) is 0.355. The molecule has 0 saturated heterocycles. The number of aromatic nitrogens is 2. The summed E-state index contributed by atoms with van der Waals surface area (Å²) in [7, 11) is 1.92. The lowest BCUT2D eigenvalue weighted by Crippen LogP contribution is -2.44. The minimum atomic E-state index is 0.0528. The van der Waals surface area contributed by atoms with Crippen LogP contribution in [0.1, 0.15) is 37.6 Å². The van der Waals surface area contributed by atoms with Crippen LogP contribution >= 0.6 is 11.8 Å². The Kier molecular flexibility index (Phi) is 6.39. The van der Waals surface area contributed by atoms with Crippen molar-refractivity contribution < 1.29 is 4.79 Å². The van der Waals surface area contributed by atoms with E-state index < -0.39 is 0 Å². The summed E-state index contributed by atoms with van der Waals surface area (Å²) in [6.45, 7) is 7.74. The highest BCUT2D eigenvalue weighted by atomic mass is 32.2. The molecule has 6 heteroatoms. The smallest absolute Gasteiger partial charge is 0.317 e. The second kappa shape index (κ2) is 8.08. The molecule has 2 rings (SSSR count). The zero-order valence-corrected chi connectivity index (χ0v) is 15.8. The maximum Gasteiger partial charge on any atom is 0.317 e. The molecular weight excluding hydrogens is 308 g/mol. The van der Waals surface area contributed by atoms with Crippen LogP contribution in [0.25, 0.3) is 0 Å². The van der Waals surface area contributed by atoms with E-state index in [0.717, 1.165) is 25.1 Å². The fourth-order valence-corrected chi connectivity index (χ4v) is 4.04. The summed E-state index contributed by atoms with van der Waals surface area (Å²) in [6, 6.07) is 2.53. The Labute approximate surface area is 144 Å². The Morgan fingerprint density at radius 2 is 2.26 bits per heavy atom. The molecule has 0 bridgehead atoms. The molecule has 23 heavy (non-hydrogen) atoms. The summed E-state index contributed by atoms with van der Waals surface area (Å²) < 4.78 is 2.02. The van der Waals surface area contributed by atoms with Gasteiger partial charge in [0, 0.05) is 37.1 Å². The molecule has 0 unspecified atom stereocenters. The van der Waals surface area contributed by atoms with Gasteiger partial charge in [-0.2, -0.15) is 16.9 Å². The zero-order valence-electron chi connectivity index (χ0n) is 15.0. The molecule has 1 aromatic rings. The molecule has 130 valence electrons. The van der Waals surface area contributed by atoms with Crippen molar-refractivity contribution in [2.24, 2.45) is 5.92 Å². The Hall–Kier alpha value is -1.17. The normalized spacial score (nSPS) is 22.1. The molecule has 0 aliphatic heterocycles. The van der Waals surface area contributed by atoms with E-state index in [1.54, 1.807) is 0 Å². The van der Waals surface area contributed by atoms with Gasteiger partial charge in [-0.1, -0.05) is 6.92 Å². The topological polar surface area (TPSA) is 50.2 Å². The Balaban J connectivity index is 1.76. The molecule has 1 aliphatic rings. The van der Waals surface area contributed by atoms with Crippen LogP contribution in [0.5, 0.6) is 0 Å². The Morgan fingerprint density at radius 1 is 1.52 bits per heavy atom. The number of thioether (sulfide) groups is 1. The SMILES string of the molecule is CS[C@@H]1CC[C@H](N(C)C(=O)NC[C@H](C)Cn2nc(C)cc2C)C1. The molecule has 1 aromatic heterocycles. The zero-order chi connectivity index (χ0) is 17.0. The summed E-state index contributed by atoms with van der Waals surface area (Å²) in [4.78, 5) is 14.2. The maximum absolute atomic E-state index is 12.3. The highest BCUT2D eigenvalue weighted by Gasteiger charge is 2.29. The minimum absolute atomic E-state index is 0.0528. The third-order valence-corrected chi connectivity index (χ3v) is 5.84. The monoisotopic (exact) mass is 338 g/mol. The predicted molar refractivity (Wildman–Crippen MR) is 97.0 cm³/mol. The third-order valence-electron chi connectivity index (χ3n) is 4.75. The van der Waals surface area contributed by atoms with E-state index in [2.05, 4.69) is 36.6 Å². The van der Waals surface area contributed by atoms with Gasteiger partial charge in [-0.25, -0.2) is 4.79 Å². The molecular formula is C17H30N4OS. The van der Waals surface area contributed by atoms with Crippen molar-refractivity contribution in [2.45, 2.75) is 57.9 Å². The summed E-state index contributed by atoms with van der Waals surface area (Å²) in [5.41, 5.74) is 2.22. The number of nitrogens with one attached hydrogen (secondary N) is 1. The Morgan fingerprint density at radius 3 is 2.83 bits per heavy atom. The van der Waals surface area contributed by atoms with Crippen molar-refractivity contribution in [3.05, 3.63) is 17.5 Å². The van der Waals surface area contributed by atoms with Gasteiger partial charge in [0.15, 0.2) is 0 Å². The number of nitrogens with zero attached hydrogens (tertiary/aromatic N) is 3. The highest BCUT2D eigenvalue weighted by Crippen LogP contribution is 2.30. The van der Waals surface area contributed by atoms with E-state index in [0.29, 0.717) is 23.8 Å². The van der Waals surface area contributed by atoms with Crippen molar-refractivity contribution in [3.8, 4) is 0 Å². The summed E-state index contributed by atoms with van der Waals surface area (Å²) >= 11 is 1.92. The van der Waals surface area contributed by atoms with Crippen LogP contribution in [0.3, 0.4) is 0 Å². The van der Waals surface area contributed by atoms with Gasteiger partial charge in [-0.05, 0) is 51.3 Å². The average molecular weight is 339 g/mol. The van der Waals surface area contributed by atoms with E-state index in [4.69, 9.17) is 0 Å². The molecule has 5 nitrogen and oxygen atoms in total. The molecule has 3 atom stereocenters. The van der Waals surface area contributed by atoms with E-state index in [9.17, 15) is 4.79 Å². The molecule has 0 spiro atoms. The van der Waals surface area contributed by atoms with Crippen molar-refractivity contribution in [2.75, 3.05) is 19.8 Å². The van der Waals surface area contributed by atoms with Gasteiger partial charge < -0.3 is 10.2 Å². The standard InChI is InChI=1S/C17H30N4OS/c1-12(11-21-14(3)8-13(2)19-21)10-18-17(22)20(4)15-6-7-16(9-15)23-5/h8,12,15-16H,6-7,9-11H2,1-5H3,(H,18,22)/t12-,15-,16+/m0/s1. The van der Waals surface area contributed by atoms with Crippen LogP contribution in [0.2, 0.25) is 0 Å². The molecule has 1 heterocycles. The second-order valence-corrected chi connectivity index (χ2v) is 7.97. The van der Waals surface area contributed by atoms with Crippen molar-refractivity contribution in [1.29, 1.82) is 0 Å². The molecule has 1 fully saturated rings. The number of hydrogen-bond acceptors (Lipinski definition) is 3. The van der Waals surface area contributed by atoms with Gasteiger partial charge in [0.2, 0.25) is 0 Å². The fraction of sp³-hybridized carbons (Fsp3) is 0.765. The molecule has 2 amide bonds. The van der Waals surface area contributed by atoms with Crippen LogP contribution in [0.15, 0.2) is 6.07 Å². The molecule has 1 N–H and O–H groups in total. The number of hydrogen-bond donors (Lipinski definition) is 1. The first kappa shape index (κ1) is 18.2. The van der Waals surface area contributed by atoms with Gasteiger partial charge in [-0.3, -0.25) is 4.68 Å². The predicted octanol–water partition coefficient (Wildman–Crippen LogP) is 3.06. The molecule has 1 aliphatic carbocycles. The lowest BCUT2D eigenvalue weighted by atomic mass is 10.2. The number of carbonyl (C=O) groups excluding carboxylic acids is 1. The fourth-order valence-electron chi connectivity index (χ4n) is 3.25. The van der Waals surface area contributed by atoms with E-state index in [1.165, 1.54) is 12.1 Å². The van der Waals surface area contributed by atoms with Gasteiger partial charge >= 0.3 is 6.03 Å². The van der Waals surface area contributed by atoms with Crippen molar-refractivity contribution >= 4 is 17.8 Å². The van der Waals surface area contributed by atoms with Gasteiger partial charge in [-0.15, -0.1) is 0 Å². The largest absolute Gasteiger partial charge is 0.338 e. The lowest BCUT2D eigenvalue weighted by Gasteiger charge is -2.26. The average Bonchev–Trinajstić information content (AvgIpc) is 3.11. The van der Waals surface area contributed by atoms with E-state index >= 15 is 0 Å².